The third-order valence-corrected chi connectivity index (χ3v) is 11.0. The summed E-state index contributed by atoms with van der Waals surface area (Å²) < 4.78 is 33.7. The highest BCUT2D eigenvalue weighted by Gasteiger charge is 2.41. The lowest BCUT2D eigenvalue weighted by Crippen LogP contribution is -2.37. The van der Waals surface area contributed by atoms with Gasteiger partial charge >= 0.3 is 11.9 Å². The van der Waals surface area contributed by atoms with E-state index in [1.165, 1.54) is 0 Å². The number of aliphatic hydroxyl groups excluding tert-OH is 3. The van der Waals surface area contributed by atoms with E-state index in [2.05, 4.69) is 62.5 Å². The molecule has 0 radical (unpaired) electrons. The molecule has 1 saturated carbocycles. The fraction of sp³-hybridized carbons (Fsp3) is 0.717. The second-order valence-electron chi connectivity index (χ2n) is 16.6. The Bertz CT molecular complexity index is 1390. The number of carbonyl (C=O) groups is 3. The second kappa shape index (κ2) is 32.9. The third kappa shape index (κ3) is 29.5. The number of unbranched alkanes of at least 4 members (excludes halogenated alkanes) is 5. The van der Waals surface area contributed by atoms with Crippen LogP contribution in [0.1, 0.15) is 129 Å². The molecule has 0 aliphatic heterocycles. The fourth-order valence-electron chi connectivity index (χ4n) is 6.46. The van der Waals surface area contributed by atoms with E-state index in [9.17, 15) is 39.2 Å². The van der Waals surface area contributed by atoms with Gasteiger partial charge in [0.15, 0.2) is 6.10 Å². The van der Waals surface area contributed by atoms with Gasteiger partial charge in [-0.05, 0) is 64.2 Å². The topological polar surface area (TPSA) is 189 Å². The molecule has 0 aromatic rings. The number of nitrogens with zero attached hydrogens (tertiary/aromatic N) is 1. The first-order chi connectivity index (χ1) is 28.6. The minimum atomic E-state index is -4.74. The van der Waals surface area contributed by atoms with E-state index in [-0.39, 0.29) is 44.5 Å². The first-order valence-electron chi connectivity index (χ1n) is 22.2. The normalized spacial score (nSPS) is 20.8. The summed E-state index contributed by atoms with van der Waals surface area (Å²) in [5.41, 5.74) is 0. The number of likely N-dealkylation sites (N-methyl/N-ethyl adjacent to an activating group) is 1. The van der Waals surface area contributed by atoms with Crippen LogP contribution in [0.5, 0.6) is 0 Å². The summed E-state index contributed by atoms with van der Waals surface area (Å²) in [6, 6.07) is 0. The SMILES string of the molecule is CC/C=C\C/C=C\C/C=C\C/C=C\CCCCC(=O)OC[C@H](COP(=O)([O-])OCC[N+](C)(C)C)OC(=O)CCCCC(=O)C[C@@H]1[C@@H](/C=C/[C@@H](O)CCCCC)[C@H](O)C[C@@H]1O. The standard InChI is InChI=1S/C46H78NO12P/c1-6-8-10-11-12-13-14-15-16-17-18-19-20-21-23-28-45(52)56-36-40(37-58-60(54,55)57-33-32-47(3,4)5)59-46(53)29-25-24-27-39(49)34-42-41(43(50)35-44(42)51)31-30-38(48)26-22-9-7-2/h8,10,12-13,15-16,18-19,30-31,38,40-44,48,50-51H,6-7,9,11,14,17,20-29,32-37H2,1-5H3/b10-8-,13-12-,16-15-,19-18-,31-30+/t38-,40+,41+,42+,43+,44-/m0/s1. The molecule has 344 valence electrons. The smallest absolute Gasteiger partial charge is 0.306 e. The van der Waals surface area contributed by atoms with E-state index in [0.29, 0.717) is 36.7 Å². The summed E-state index contributed by atoms with van der Waals surface area (Å²) in [6.07, 6.45) is 27.5. The molecule has 1 fully saturated rings. The zero-order valence-corrected chi connectivity index (χ0v) is 38.1. The molecule has 0 aromatic heterocycles. The van der Waals surface area contributed by atoms with Gasteiger partial charge in [-0.25, -0.2) is 0 Å². The number of carbonyl (C=O) groups excluding carboxylic acids is 3. The summed E-state index contributed by atoms with van der Waals surface area (Å²) in [7, 11) is 0.903. The average Bonchev–Trinajstić information content (AvgIpc) is 3.44. The van der Waals surface area contributed by atoms with Crippen LogP contribution in [0, 0.1) is 11.8 Å². The highest BCUT2D eigenvalue weighted by Crippen LogP contribution is 2.39. The molecule has 1 rings (SSSR count). The van der Waals surface area contributed by atoms with Crippen LogP contribution in [0.3, 0.4) is 0 Å². The van der Waals surface area contributed by atoms with Crippen molar-refractivity contribution in [2.24, 2.45) is 11.8 Å². The molecule has 0 bridgehead atoms. The molecule has 1 aliphatic carbocycles. The Labute approximate surface area is 360 Å². The van der Waals surface area contributed by atoms with Crippen LogP contribution in [0.2, 0.25) is 0 Å². The number of esters is 2. The van der Waals surface area contributed by atoms with Crippen LogP contribution < -0.4 is 4.89 Å². The number of phosphoric acid groups is 1. The zero-order chi connectivity index (χ0) is 44.7. The predicted octanol–water partition coefficient (Wildman–Crippen LogP) is 7.39. The number of quaternary nitrogens is 1. The molecule has 0 saturated heterocycles. The van der Waals surface area contributed by atoms with E-state index < -0.39 is 69.2 Å². The van der Waals surface area contributed by atoms with Gasteiger partial charge in [-0.2, -0.15) is 0 Å². The Morgan fingerprint density at radius 2 is 1.40 bits per heavy atom. The van der Waals surface area contributed by atoms with Crippen molar-refractivity contribution < 1.29 is 62.2 Å². The van der Waals surface area contributed by atoms with Crippen molar-refractivity contribution in [1.29, 1.82) is 0 Å². The molecule has 1 aliphatic rings. The van der Waals surface area contributed by atoms with Crippen LogP contribution in [0.25, 0.3) is 0 Å². The molecule has 3 N–H and O–H groups in total. The molecule has 14 heteroatoms. The van der Waals surface area contributed by atoms with E-state index >= 15 is 0 Å². The molecule has 13 nitrogen and oxygen atoms in total. The maximum absolute atomic E-state index is 12.9. The van der Waals surface area contributed by atoms with Gasteiger partial charge in [0.25, 0.3) is 7.82 Å². The molecule has 1 unspecified atom stereocenters. The molecule has 0 amide bonds. The third-order valence-electron chi connectivity index (χ3n) is 10.0. The summed E-state index contributed by atoms with van der Waals surface area (Å²) in [4.78, 5) is 50.6. The maximum atomic E-state index is 12.9. The Balaban J connectivity index is 2.57. The summed E-state index contributed by atoms with van der Waals surface area (Å²) >= 11 is 0. The first kappa shape index (κ1) is 55.3. The number of ketones is 1. The molecular weight excluding hydrogens is 789 g/mol. The Hall–Kier alpha value is -2.74. The summed E-state index contributed by atoms with van der Waals surface area (Å²) in [6.45, 7) is 3.49. The molecule has 7 atom stereocenters. The minimum Gasteiger partial charge on any atom is -0.756 e. The predicted molar refractivity (Wildman–Crippen MR) is 233 cm³/mol. The van der Waals surface area contributed by atoms with Crippen LogP contribution in [-0.4, -0.2) is 109 Å². The van der Waals surface area contributed by atoms with Crippen molar-refractivity contribution in [2.75, 3.05) is 47.5 Å². The van der Waals surface area contributed by atoms with E-state index in [4.69, 9.17) is 18.5 Å². The number of hydrogen-bond acceptors (Lipinski definition) is 12. The van der Waals surface area contributed by atoms with Crippen molar-refractivity contribution in [1.82, 2.24) is 0 Å². The van der Waals surface area contributed by atoms with Gasteiger partial charge in [-0.1, -0.05) is 93.9 Å². The number of ether oxygens (including phenoxy) is 2. The first-order valence-corrected chi connectivity index (χ1v) is 23.6. The quantitative estimate of drug-likeness (QED) is 0.0189. The largest absolute Gasteiger partial charge is 0.756 e. The van der Waals surface area contributed by atoms with Gasteiger partial charge in [-0.15, -0.1) is 0 Å². The van der Waals surface area contributed by atoms with E-state index in [0.717, 1.165) is 57.8 Å². The van der Waals surface area contributed by atoms with Crippen molar-refractivity contribution in [3.8, 4) is 0 Å². The van der Waals surface area contributed by atoms with Gasteiger partial charge in [0.1, 0.15) is 25.5 Å². The number of allylic oxidation sites excluding steroid dienone is 8. The van der Waals surface area contributed by atoms with E-state index in [1.54, 1.807) is 12.2 Å². The van der Waals surface area contributed by atoms with Crippen LogP contribution in [-0.2, 0) is 37.5 Å². The Kier molecular flexibility index (Phi) is 30.3. The van der Waals surface area contributed by atoms with Gasteiger partial charge in [-0.3, -0.25) is 18.9 Å². The van der Waals surface area contributed by atoms with E-state index in [1.807, 2.05) is 21.1 Å². The van der Waals surface area contributed by atoms with Crippen molar-refractivity contribution in [2.45, 2.75) is 154 Å². The highest BCUT2D eigenvalue weighted by atomic mass is 31.2. The lowest BCUT2D eigenvalue weighted by atomic mass is 9.87. The monoisotopic (exact) mass is 868 g/mol. The van der Waals surface area contributed by atoms with Crippen molar-refractivity contribution in [3.63, 3.8) is 0 Å². The number of hydrogen-bond donors (Lipinski definition) is 3. The number of rotatable bonds is 35. The highest BCUT2D eigenvalue weighted by molar-refractivity contribution is 7.45. The number of Topliss-reactive ketones (excluding diaryl/α,β-unsaturated/α-hetero) is 1. The fourth-order valence-corrected chi connectivity index (χ4v) is 7.19. The average molecular weight is 868 g/mol. The van der Waals surface area contributed by atoms with Crippen LogP contribution >= 0.6 is 7.82 Å². The Morgan fingerprint density at radius 3 is 2.05 bits per heavy atom. The maximum Gasteiger partial charge on any atom is 0.306 e. The zero-order valence-electron chi connectivity index (χ0n) is 37.2. The van der Waals surface area contributed by atoms with Crippen molar-refractivity contribution >= 4 is 25.5 Å². The van der Waals surface area contributed by atoms with Crippen molar-refractivity contribution in [3.05, 3.63) is 60.8 Å². The van der Waals surface area contributed by atoms with Gasteiger partial charge in [0.05, 0.1) is 46.1 Å². The summed E-state index contributed by atoms with van der Waals surface area (Å²) in [5, 5.41) is 31.4. The molecule has 0 spiro atoms. The lowest BCUT2D eigenvalue weighted by molar-refractivity contribution is -0.870. The second-order valence-corrected chi connectivity index (χ2v) is 18.1. The number of aliphatic hydroxyl groups is 3. The van der Waals surface area contributed by atoms with Crippen LogP contribution in [0.15, 0.2) is 60.8 Å². The molecule has 0 aromatic carbocycles. The summed E-state index contributed by atoms with van der Waals surface area (Å²) in [5.74, 6) is -2.22. The molecule has 60 heavy (non-hydrogen) atoms. The molecular formula is C46H78NO12P. The molecule has 0 heterocycles. The number of phosphoric ester groups is 1. The van der Waals surface area contributed by atoms with Gasteiger partial charge in [0, 0.05) is 43.9 Å². The van der Waals surface area contributed by atoms with Gasteiger partial charge < -0.3 is 43.2 Å². The Morgan fingerprint density at radius 1 is 0.783 bits per heavy atom. The lowest BCUT2D eigenvalue weighted by Gasteiger charge is -2.28. The minimum absolute atomic E-state index is 0.0604. The van der Waals surface area contributed by atoms with Crippen LogP contribution in [0.4, 0.5) is 0 Å². The van der Waals surface area contributed by atoms with Gasteiger partial charge in [0.2, 0.25) is 0 Å².